The lowest BCUT2D eigenvalue weighted by Crippen LogP contribution is -2.30. The van der Waals surface area contributed by atoms with Crippen molar-refractivity contribution in [2.75, 3.05) is 10.2 Å². The fourth-order valence-electron chi connectivity index (χ4n) is 8.52. The molecule has 2 heteroatoms. The van der Waals surface area contributed by atoms with E-state index in [0.717, 1.165) is 17.8 Å². The Morgan fingerprint density at radius 3 is 1.74 bits per heavy atom. The zero-order valence-corrected chi connectivity index (χ0v) is 31.4. The van der Waals surface area contributed by atoms with Gasteiger partial charge in [-0.3, -0.25) is 0 Å². The van der Waals surface area contributed by atoms with Gasteiger partial charge in [-0.2, -0.15) is 0 Å². The van der Waals surface area contributed by atoms with Crippen molar-refractivity contribution in [3.8, 4) is 22.3 Å². The second kappa shape index (κ2) is 15.2. The molecule has 2 aliphatic rings. The number of allylic oxidation sites excluding steroid dienone is 2. The summed E-state index contributed by atoms with van der Waals surface area (Å²) >= 11 is 0. The Morgan fingerprint density at radius 1 is 0.528 bits per heavy atom. The standard InChI is InChI=1S/C51H50N2/c1-37-16-28-46(29-17-37)52-47-13-8-11-42(35-47)40-20-24-44(25-21-40)51(32-5-4-6-33-51)45-26-22-41(23-27-45)43-12-9-15-50(36-43)53(48-30-18-38(2)19-31-48)49-14-7-10-39(3)34-49/h7-13,15-31,34-36,49,52H,4-6,14,32-33H2,1-3H3. The van der Waals surface area contributed by atoms with E-state index in [4.69, 9.17) is 0 Å². The van der Waals surface area contributed by atoms with Crippen LogP contribution in [-0.2, 0) is 5.41 Å². The maximum absolute atomic E-state index is 3.58. The molecule has 53 heavy (non-hydrogen) atoms. The van der Waals surface area contributed by atoms with Gasteiger partial charge >= 0.3 is 0 Å². The average molecular weight is 691 g/mol. The van der Waals surface area contributed by atoms with Crippen LogP contribution in [0.4, 0.5) is 22.7 Å². The second-order valence-corrected chi connectivity index (χ2v) is 15.2. The molecular weight excluding hydrogens is 641 g/mol. The Balaban J connectivity index is 1.06. The van der Waals surface area contributed by atoms with Crippen molar-refractivity contribution in [3.05, 3.63) is 192 Å². The monoisotopic (exact) mass is 690 g/mol. The molecule has 1 atom stereocenters. The summed E-state index contributed by atoms with van der Waals surface area (Å²) in [6.07, 6.45) is 14.1. The highest BCUT2D eigenvalue weighted by Gasteiger charge is 2.35. The molecule has 1 N–H and O–H groups in total. The predicted molar refractivity (Wildman–Crippen MR) is 227 cm³/mol. The first kappa shape index (κ1) is 34.5. The first-order valence-corrected chi connectivity index (χ1v) is 19.4. The molecular formula is C51H50N2. The van der Waals surface area contributed by atoms with E-state index >= 15 is 0 Å². The van der Waals surface area contributed by atoms with Gasteiger partial charge in [0.15, 0.2) is 0 Å². The van der Waals surface area contributed by atoms with Gasteiger partial charge in [0.2, 0.25) is 0 Å². The van der Waals surface area contributed by atoms with Crippen LogP contribution in [0.3, 0.4) is 0 Å². The van der Waals surface area contributed by atoms with Crippen molar-refractivity contribution < 1.29 is 0 Å². The molecule has 2 aliphatic carbocycles. The highest BCUT2D eigenvalue weighted by molar-refractivity contribution is 5.74. The van der Waals surface area contributed by atoms with E-state index in [9.17, 15) is 0 Å². The van der Waals surface area contributed by atoms with Crippen LogP contribution in [0.5, 0.6) is 0 Å². The molecule has 6 aromatic rings. The molecule has 0 spiro atoms. The van der Waals surface area contributed by atoms with Crippen LogP contribution >= 0.6 is 0 Å². The summed E-state index contributed by atoms with van der Waals surface area (Å²) in [5, 5.41) is 3.58. The quantitative estimate of drug-likeness (QED) is 0.162. The Bertz CT molecular complexity index is 2220. The minimum atomic E-state index is 0.0347. The number of hydrogen-bond acceptors (Lipinski definition) is 2. The Labute approximate surface area is 316 Å². The number of benzene rings is 6. The normalized spacial score (nSPS) is 16.5. The molecule has 0 aromatic heterocycles. The lowest BCUT2D eigenvalue weighted by atomic mass is 9.65. The fourth-order valence-corrected chi connectivity index (χ4v) is 8.52. The number of nitrogens with zero attached hydrogens (tertiary/aromatic N) is 1. The van der Waals surface area contributed by atoms with Crippen LogP contribution in [-0.4, -0.2) is 6.04 Å². The van der Waals surface area contributed by atoms with Crippen molar-refractivity contribution in [2.24, 2.45) is 0 Å². The van der Waals surface area contributed by atoms with E-state index in [1.165, 1.54) is 93.6 Å². The van der Waals surface area contributed by atoms with Gasteiger partial charge in [0.1, 0.15) is 0 Å². The maximum Gasteiger partial charge on any atom is 0.0562 e. The summed E-state index contributed by atoms with van der Waals surface area (Å²) in [6.45, 7) is 6.48. The number of nitrogens with one attached hydrogen (secondary N) is 1. The van der Waals surface area contributed by atoms with Crippen molar-refractivity contribution >= 4 is 22.7 Å². The van der Waals surface area contributed by atoms with Crippen LogP contribution in [0.1, 0.15) is 67.7 Å². The first-order chi connectivity index (χ1) is 25.9. The number of rotatable bonds is 9. The number of anilines is 4. The van der Waals surface area contributed by atoms with Crippen LogP contribution in [0.15, 0.2) is 169 Å². The Morgan fingerprint density at radius 2 is 1.11 bits per heavy atom. The third-order valence-corrected chi connectivity index (χ3v) is 11.4. The van der Waals surface area contributed by atoms with E-state index in [1.807, 2.05) is 0 Å². The van der Waals surface area contributed by atoms with Gasteiger partial charge in [0.25, 0.3) is 0 Å². The van der Waals surface area contributed by atoms with E-state index in [-0.39, 0.29) is 11.5 Å². The lowest BCUT2D eigenvalue weighted by molar-refractivity contribution is 0.346. The Kier molecular flexibility index (Phi) is 9.87. The van der Waals surface area contributed by atoms with Crippen LogP contribution in [0.2, 0.25) is 0 Å². The molecule has 0 aliphatic heterocycles. The molecule has 0 radical (unpaired) electrons. The van der Waals surface area contributed by atoms with Crippen LogP contribution in [0.25, 0.3) is 22.3 Å². The molecule has 6 aromatic carbocycles. The van der Waals surface area contributed by atoms with Crippen molar-refractivity contribution in [1.82, 2.24) is 0 Å². The third-order valence-electron chi connectivity index (χ3n) is 11.4. The minimum absolute atomic E-state index is 0.0347. The van der Waals surface area contributed by atoms with E-state index in [0.29, 0.717) is 0 Å². The molecule has 1 fully saturated rings. The summed E-state index contributed by atoms with van der Waals surface area (Å²) in [6, 6.07) is 54.6. The lowest BCUT2D eigenvalue weighted by Gasteiger charge is -2.39. The molecule has 0 amide bonds. The van der Waals surface area contributed by atoms with Crippen molar-refractivity contribution in [1.29, 1.82) is 0 Å². The van der Waals surface area contributed by atoms with Gasteiger partial charge < -0.3 is 10.2 Å². The summed E-state index contributed by atoms with van der Waals surface area (Å²) in [4.78, 5) is 2.50. The molecule has 0 saturated heterocycles. The molecule has 2 nitrogen and oxygen atoms in total. The van der Waals surface area contributed by atoms with Gasteiger partial charge in [0, 0.05) is 28.2 Å². The van der Waals surface area contributed by atoms with Crippen molar-refractivity contribution in [3.63, 3.8) is 0 Å². The molecule has 0 bridgehead atoms. The largest absolute Gasteiger partial charge is 0.356 e. The smallest absolute Gasteiger partial charge is 0.0562 e. The van der Waals surface area contributed by atoms with Crippen LogP contribution < -0.4 is 10.2 Å². The SMILES string of the molecule is CC1=CC(N(c2ccc(C)cc2)c2cccc(-c3ccc(C4(c5ccc(-c6cccc(Nc7ccc(C)cc7)c6)cc5)CCCCC4)cc3)c2)CC=C1. The Hall–Kier alpha value is -5.60. The van der Waals surface area contributed by atoms with Gasteiger partial charge in [0.05, 0.1) is 6.04 Å². The van der Waals surface area contributed by atoms with E-state index in [1.54, 1.807) is 0 Å². The molecule has 1 unspecified atom stereocenters. The summed E-state index contributed by atoms with van der Waals surface area (Å²) in [5.41, 5.74) is 16.4. The molecule has 264 valence electrons. The summed E-state index contributed by atoms with van der Waals surface area (Å²) in [7, 11) is 0. The molecule has 1 saturated carbocycles. The highest BCUT2D eigenvalue weighted by Crippen LogP contribution is 2.46. The minimum Gasteiger partial charge on any atom is -0.356 e. The highest BCUT2D eigenvalue weighted by atomic mass is 15.2. The zero-order chi connectivity index (χ0) is 36.2. The van der Waals surface area contributed by atoms with Gasteiger partial charge in [-0.1, -0.05) is 151 Å². The molecule has 0 heterocycles. The summed E-state index contributed by atoms with van der Waals surface area (Å²) in [5.74, 6) is 0. The first-order valence-electron chi connectivity index (χ1n) is 19.4. The second-order valence-electron chi connectivity index (χ2n) is 15.2. The number of hydrogen-bond donors (Lipinski definition) is 1. The maximum atomic E-state index is 3.58. The average Bonchev–Trinajstić information content (AvgIpc) is 3.20. The zero-order valence-electron chi connectivity index (χ0n) is 31.4. The molecule has 8 rings (SSSR count). The van der Waals surface area contributed by atoms with Crippen molar-refractivity contribution in [2.45, 2.75) is 70.8 Å². The van der Waals surface area contributed by atoms with E-state index < -0.39 is 0 Å². The van der Waals surface area contributed by atoms with Gasteiger partial charge in [-0.25, -0.2) is 0 Å². The fraction of sp³-hybridized carbons (Fsp3) is 0.216. The van der Waals surface area contributed by atoms with E-state index in [2.05, 4.69) is 195 Å². The third kappa shape index (κ3) is 7.50. The summed E-state index contributed by atoms with van der Waals surface area (Å²) < 4.78 is 0. The number of aryl methyl sites for hydroxylation is 2. The van der Waals surface area contributed by atoms with Gasteiger partial charge in [-0.05, 0) is 122 Å². The van der Waals surface area contributed by atoms with Gasteiger partial charge in [-0.15, -0.1) is 0 Å². The predicted octanol–water partition coefficient (Wildman–Crippen LogP) is 14.0. The topological polar surface area (TPSA) is 15.3 Å². The van der Waals surface area contributed by atoms with Crippen LogP contribution in [0, 0.1) is 13.8 Å².